The van der Waals surface area contributed by atoms with E-state index >= 15 is 0 Å². The van der Waals surface area contributed by atoms with Gasteiger partial charge in [-0.1, -0.05) is 20.3 Å². The van der Waals surface area contributed by atoms with Crippen LogP contribution in [-0.4, -0.2) is 23.6 Å². The van der Waals surface area contributed by atoms with Crippen molar-refractivity contribution >= 4 is 17.6 Å². The molecule has 1 saturated carbocycles. The second-order valence-electron chi connectivity index (χ2n) is 4.29. The van der Waals surface area contributed by atoms with Crippen molar-refractivity contribution in [2.24, 2.45) is 17.6 Å². The number of rotatable bonds is 3. The van der Waals surface area contributed by atoms with Crippen molar-refractivity contribution in [1.29, 1.82) is 0 Å². The Kier molecular flexibility index (Phi) is 4.81. The Morgan fingerprint density at radius 1 is 1.35 bits per heavy atom. The molecule has 2 fully saturated rings. The summed E-state index contributed by atoms with van der Waals surface area (Å²) in [5, 5.41) is 2.12. The van der Waals surface area contributed by atoms with Crippen LogP contribution >= 0.6 is 0 Å². The predicted molar refractivity (Wildman–Crippen MR) is 62.9 cm³/mol. The number of nitrogens with two attached hydrogens (primary N) is 1. The first-order valence-electron chi connectivity index (χ1n) is 6.22. The Labute approximate surface area is 101 Å². The van der Waals surface area contributed by atoms with Crippen molar-refractivity contribution in [2.45, 2.75) is 45.6 Å². The third-order valence-electron chi connectivity index (χ3n) is 3.30. The zero-order chi connectivity index (χ0) is 13.0. The van der Waals surface area contributed by atoms with Gasteiger partial charge < -0.3 is 5.73 Å². The number of carbonyl (C=O) groups excluding carboxylic acids is 3. The molecule has 1 aliphatic heterocycles. The lowest BCUT2D eigenvalue weighted by Gasteiger charge is -2.30. The summed E-state index contributed by atoms with van der Waals surface area (Å²) in [6, 6.07) is -0.569. The molecule has 2 unspecified atom stereocenters. The van der Waals surface area contributed by atoms with Gasteiger partial charge in [-0.05, 0) is 18.8 Å². The minimum Gasteiger partial charge on any atom is -0.321 e. The zero-order valence-corrected chi connectivity index (χ0v) is 10.4. The van der Waals surface area contributed by atoms with Crippen LogP contribution in [0.3, 0.4) is 0 Å². The van der Waals surface area contributed by atoms with Crippen LogP contribution in [0.2, 0.25) is 0 Å². The highest BCUT2D eigenvalue weighted by atomic mass is 16.2. The number of amides is 2. The van der Waals surface area contributed by atoms with Gasteiger partial charge in [0.25, 0.3) is 0 Å². The molecule has 0 bridgehead atoms. The van der Waals surface area contributed by atoms with E-state index in [0.717, 1.165) is 19.3 Å². The van der Waals surface area contributed by atoms with Crippen molar-refractivity contribution in [2.75, 3.05) is 0 Å². The molecule has 1 heterocycles. The maximum absolute atomic E-state index is 11.8. The molecule has 0 aromatic carbocycles. The van der Waals surface area contributed by atoms with Gasteiger partial charge in [0.1, 0.15) is 5.92 Å². The SMILES string of the molecule is CC.NC(C(=O)C1CC(=O)NC1=O)C1CCC1. The van der Waals surface area contributed by atoms with Gasteiger partial charge in [-0.2, -0.15) is 0 Å². The molecule has 2 rings (SSSR count). The van der Waals surface area contributed by atoms with Gasteiger partial charge >= 0.3 is 0 Å². The van der Waals surface area contributed by atoms with Crippen LogP contribution in [0.25, 0.3) is 0 Å². The summed E-state index contributed by atoms with van der Waals surface area (Å²) in [6.07, 6.45) is 2.98. The number of nitrogens with one attached hydrogen (secondary N) is 1. The summed E-state index contributed by atoms with van der Waals surface area (Å²) in [4.78, 5) is 34.0. The first-order chi connectivity index (χ1) is 8.09. The van der Waals surface area contributed by atoms with Gasteiger partial charge in [0.2, 0.25) is 11.8 Å². The van der Waals surface area contributed by atoms with Gasteiger partial charge in [-0.25, -0.2) is 0 Å². The highest BCUT2D eigenvalue weighted by molar-refractivity contribution is 6.15. The molecule has 5 nitrogen and oxygen atoms in total. The van der Waals surface area contributed by atoms with Crippen molar-refractivity contribution in [3.63, 3.8) is 0 Å². The van der Waals surface area contributed by atoms with Crippen molar-refractivity contribution in [3.05, 3.63) is 0 Å². The first-order valence-corrected chi connectivity index (χ1v) is 6.22. The normalized spacial score (nSPS) is 25.5. The fourth-order valence-electron chi connectivity index (χ4n) is 2.05. The average molecular weight is 240 g/mol. The maximum Gasteiger partial charge on any atom is 0.237 e. The zero-order valence-electron chi connectivity index (χ0n) is 10.4. The maximum atomic E-state index is 11.8. The van der Waals surface area contributed by atoms with E-state index < -0.39 is 17.9 Å². The van der Waals surface area contributed by atoms with Crippen LogP contribution in [-0.2, 0) is 14.4 Å². The lowest BCUT2D eigenvalue weighted by Crippen LogP contribution is -2.45. The molecule has 1 saturated heterocycles. The lowest BCUT2D eigenvalue weighted by molar-refractivity contribution is -0.133. The summed E-state index contributed by atoms with van der Waals surface area (Å²) >= 11 is 0. The highest BCUT2D eigenvalue weighted by Gasteiger charge is 2.41. The summed E-state index contributed by atoms with van der Waals surface area (Å²) in [7, 11) is 0. The molecule has 2 aliphatic rings. The van der Waals surface area contributed by atoms with Crippen LogP contribution in [0.4, 0.5) is 0 Å². The molecular weight excluding hydrogens is 220 g/mol. The standard InChI is InChI=1S/C10H14N2O3.C2H6/c11-8(5-2-1-3-5)9(14)6-4-7(13)12-10(6)15;1-2/h5-6,8H,1-4,11H2,(H,12,13,15);1-2H3. The Bertz CT molecular complexity index is 324. The molecule has 17 heavy (non-hydrogen) atoms. The Hall–Kier alpha value is -1.23. The monoisotopic (exact) mass is 240 g/mol. The van der Waals surface area contributed by atoms with E-state index in [9.17, 15) is 14.4 Å². The predicted octanol–water partition coefficient (Wildman–Crippen LogP) is 0.372. The first kappa shape index (κ1) is 13.8. The van der Waals surface area contributed by atoms with Gasteiger partial charge in [0, 0.05) is 6.42 Å². The highest BCUT2D eigenvalue weighted by Crippen LogP contribution is 2.30. The molecule has 3 N–H and O–H groups in total. The molecule has 0 radical (unpaired) electrons. The third kappa shape index (κ3) is 2.91. The second kappa shape index (κ2) is 5.91. The quantitative estimate of drug-likeness (QED) is 0.551. The van der Waals surface area contributed by atoms with E-state index in [2.05, 4.69) is 5.32 Å². The van der Waals surface area contributed by atoms with E-state index in [1.54, 1.807) is 0 Å². The summed E-state index contributed by atoms with van der Waals surface area (Å²) in [5.41, 5.74) is 5.77. The molecule has 2 atom stereocenters. The van der Waals surface area contributed by atoms with Crippen molar-refractivity contribution in [1.82, 2.24) is 5.32 Å². The molecule has 5 heteroatoms. The summed E-state index contributed by atoms with van der Waals surface area (Å²) < 4.78 is 0. The number of hydrogen-bond donors (Lipinski definition) is 2. The largest absolute Gasteiger partial charge is 0.321 e. The van der Waals surface area contributed by atoms with Crippen LogP contribution in [0.1, 0.15) is 39.5 Å². The van der Waals surface area contributed by atoms with E-state index in [0.29, 0.717) is 0 Å². The molecule has 0 aromatic heterocycles. The van der Waals surface area contributed by atoms with Gasteiger partial charge in [0.05, 0.1) is 6.04 Å². The second-order valence-corrected chi connectivity index (χ2v) is 4.29. The van der Waals surface area contributed by atoms with E-state index in [-0.39, 0.29) is 24.0 Å². The third-order valence-corrected chi connectivity index (χ3v) is 3.30. The topological polar surface area (TPSA) is 89.3 Å². The number of hydrogen-bond acceptors (Lipinski definition) is 4. The molecule has 0 aromatic rings. The van der Waals surface area contributed by atoms with Crippen LogP contribution in [0.15, 0.2) is 0 Å². The van der Waals surface area contributed by atoms with E-state index in [1.807, 2.05) is 13.8 Å². The van der Waals surface area contributed by atoms with Crippen LogP contribution < -0.4 is 11.1 Å². The molecule has 0 spiro atoms. The molecular formula is C12H20N2O3. The van der Waals surface area contributed by atoms with Crippen molar-refractivity contribution < 1.29 is 14.4 Å². The Morgan fingerprint density at radius 2 is 1.94 bits per heavy atom. The molecule has 1 aliphatic carbocycles. The fraction of sp³-hybridized carbons (Fsp3) is 0.750. The minimum atomic E-state index is -0.840. The van der Waals surface area contributed by atoms with E-state index in [1.165, 1.54) is 0 Å². The number of Topliss-reactive ketones (excluding diaryl/α,β-unsaturated/α-hetero) is 1. The van der Waals surface area contributed by atoms with Crippen LogP contribution in [0, 0.1) is 11.8 Å². The molecule has 96 valence electrons. The van der Waals surface area contributed by atoms with Gasteiger partial charge in [-0.3, -0.25) is 19.7 Å². The van der Waals surface area contributed by atoms with Gasteiger partial charge in [0.15, 0.2) is 5.78 Å². The molecule has 2 amide bonds. The number of ketones is 1. The van der Waals surface area contributed by atoms with E-state index in [4.69, 9.17) is 5.73 Å². The van der Waals surface area contributed by atoms with Gasteiger partial charge in [-0.15, -0.1) is 0 Å². The lowest BCUT2D eigenvalue weighted by atomic mass is 9.76. The Balaban J connectivity index is 0.000000686. The average Bonchev–Trinajstić information content (AvgIpc) is 2.57. The smallest absolute Gasteiger partial charge is 0.237 e. The van der Waals surface area contributed by atoms with Crippen molar-refractivity contribution in [3.8, 4) is 0 Å². The summed E-state index contributed by atoms with van der Waals surface area (Å²) in [5.74, 6) is -1.77. The van der Waals surface area contributed by atoms with Crippen LogP contribution in [0.5, 0.6) is 0 Å². The number of carbonyl (C=O) groups is 3. The minimum absolute atomic E-state index is 0.0297. The number of imide groups is 1. The Morgan fingerprint density at radius 3 is 2.29 bits per heavy atom. The fourth-order valence-corrected chi connectivity index (χ4v) is 2.05. The summed E-state index contributed by atoms with van der Waals surface area (Å²) in [6.45, 7) is 4.00.